The molecule has 0 bridgehead atoms. The zero-order valence-electron chi connectivity index (χ0n) is 19.6. The summed E-state index contributed by atoms with van der Waals surface area (Å²) in [6, 6.07) is 22.3. The predicted molar refractivity (Wildman–Crippen MR) is 141 cm³/mol. The minimum Gasteiger partial charge on any atom is -0.497 e. The molecule has 0 radical (unpaired) electrons. The molecule has 0 aliphatic carbocycles. The van der Waals surface area contributed by atoms with E-state index in [1.807, 2.05) is 67.6 Å². The van der Waals surface area contributed by atoms with E-state index in [1.54, 1.807) is 23.9 Å². The van der Waals surface area contributed by atoms with Gasteiger partial charge in [0, 0.05) is 12.0 Å². The van der Waals surface area contributed by atoms with Gasteiger partial charge in [-0.15, -0.1) is 0 Å². The van der Waals surface area contributed by atoms with Crippen LogP contribution in [-0.2, 0) is 11.2 Å². The molecule has 1 heterocycles. The summed E-state index contributed by atoms with van der Waals surface area (Å²) in [6.07, 6.45) is 0.246. The van der Waals surface area contributed by atoms with Crippen LogP contribution < -0.4 is 34.3 Å². The van der Waals surface area contributed by atoms with Crippen LogP contribution in [-0.4, -0.2) is 28.0 Å². The van der Waals surface area contributed by atoms with Crippen molar-refractivity contribution < 1.29 is 44.2 Å². The number of ether oxygens (including phenoxy) is 1. The molecule has 4 aromatic rings. The number of aromatic nitrogens is 2. The number of halogens is 2. The predicted octanol–water partition coefficient (Wildman–Crippen LogP) is 3.69. The van der Waals surface area contributed by atoms with E-state index in [0.717, 1.165) is 33.8 Å². The van der Waals surface area contributed by atoms with E-state index in [1.165, 1.54) is 0 Å². The molecule has 1 atom stereocenters. The van der Waals surface area contributed by atoms with Gasteiger partial charge in [-0.1, -0.05) is 59.1 Å². The monoisotopic (exact) mass is 537 g/mol. The van der Waals surface area contributed by atoms with E-state index in [9.17, 15) is 9.90 Å². The smallest absolute Gasteiger partial charge is 0.497 e. The van der Waals surface area contributed by atoms with Gasteiger partial charge >= 0.3 is 35.5 Å². The number of hydrogen-bond acceptors (Lipinski definition) is 3. The van der Waals surface area contributed by atoms with Gasteiger partial charge in [-0.3, -0.25) is 4.79 Å². The number of methoxy groups -OCH3 is 1. The number of benzene rings is 3. The largest absolute Gasteiger partial charge is 1.00 e. The molecule has 1 aromatic heterocycles. The average Bonchev–Trinajstić information content (AvgIpc) is 3.23. The van der Waals surface area contributed by atoms with Crippen molar-refractivity contribution in [1.29, 1.82) is 0 Å². The minimum absolute atomic E-state index is 0. The van der Waals surface area contributed by atoms with E-state index in [0.29, 0.717) is 15.7 Å². The number of carboxylic acid groups (broad SMARTS) is 1. The Kier molecular flexibility index (Phi) is 10.8. The normalized spacial score (nSPS) is 11.2. The first kappa shape index (κ1) is 29.3. The van der Waals surface area contributed by atoms with Crippen LogP contribution in [0, 0.1) is 6.92 Å². The Hall–Kier alpha value is -1.93. The fourth-order valence-corrected chi connectivity index (χ4v) is 4.05. The third-order valence-electron chi connectivity index (χ3n) is 5.45. The number of aliphatic carboxylic acids is 1. The van der Waals surface area contributed by atoms with E-state index in [-0.39, 0.29) is 49.5 Å². The topological polar surface area (TPSA) is 64.4 Å². The molecule has 9 heteroatoms. The molecule has 1 N–H and O–H groups in total. The summed E-state index contributed by atoms with van der Waals surface area (Å²) in [6.45, 7) is 1.95. The Morgan fingerprint density at radius 3 is 2.34 bits per heavy atom. The molecule has 0 fully saturated rings. The number of rotatable bonds is 7. The van der Waals surface area contributed by atoms with Crippen molar-refractivity contribution in [2.45, 2.75) is 19.3 Å². The maximum Gasteiger partial charge on any atom is 1.00 e. The molecule has 5 nitrogen and oxygen atoms in total. The summed E-state index contributed by atoms with van der Waals surface area (Å²) in [7, 11) is 1.61. The average molecular weight is 538 g/mol. The molecule has 35 heavy (non-hydrogen) atoms. The van der Waals surface area contributed by atoms with Crippen LogP contribution in [0.25, 0.3) is 16.9 Å². The number of aryl methyl sites for hydroxylation is 1. The Balaban J connectivity index is 0.00000216. The van der Waals surface area contributed by atoms with Crippen LogP contribution in [0.5, 0.6) is 5.75 Å². The first-order valence-electron chi connectivity index (χ1n) is 10.3. The van der Waals surface area contributed by atoms with Gasteiger partial charge in [0.25, 0.3) is 0 Å². The standard InChI is InChI=1S/C26H22Cl2N2O3.Na.H2S/c1-16-4-3-5-17(12-16)22(26(31)32)14-19-15-25(18-6-11-23(27)24(28)13-18)30(29-19)20-7-9-21(33-2)10-8-20;;/h3-13,15,22H,14H2,1-2H3,(H,31,32);;1H2/q;+1;/t22-;;/m0../s1. The Morgan fingerprint density at radius 2 is 1.74 bits per heavy atom. The summed E-state index contributed by atoms with van der Waals surface area (Å²) in [4.78, 5) is 12.1. The molecule has 3 aromatic carbocycles. The second-order valence-corrected chi connectivity index (χ2v) is 8.58. The third kappa shape index (κ3) is 6.85. The van der Waals surface area contributed by atoms with E-state index in [4.69, 9.17) is 33.0 Å². The summed E-state index contributed by atoms with van der Waals surface area (Å²) >= 11 is 12.4. The fraction of sp³-hybridized carbons (Fsp3) is 0.154. The maximum atomic E-state index is 12.1. The number of nitrogens with zero attached hydrogens (tertiary/aromatic N) is 2. The summed E-state index contributed by atoms with van der Waals surface area (Å²) in [5.41, 5.74) is 4.83. The van der Waals surface area contributed by atoms with Gasteiger partial charge in [0.1, 0.15) is 5.75 Å². The van der Waals surface area contributed by atoms with Crippen molar-refractivity contribution in [2.75, 3.05) is 7.11 Å². The molecule has 0 aliphatic rings. The quantitative estimate of drug-likeness (QED) is 0.365. The zero-order valence-corrected chi connectivity index (χ0v) is 24.1. The summed E-state index contributed by atoms with van der Waals surface area (Å²) in [5, 5.41) is 15.6. The van der Waals surface area contributed by atoms with Crippen molar-refractivity contribution in [3.05, 3.63) is 99.7 Å². The Bertz CT molecular complexity index is 1310. The molecule has 0 saturated heterocycles. The molecule has 0 aliphatic heterocycles. The fourth-order valence-electron chi connectivity index (χ4n) is 3.75. The Morgan fingerprint density at radius 1 is 1.03 bits per heavy atom. The van der Waals surface area contributed by atoms with Gasteiger partial charge in [0.15, 0.2) is 0 Å². The molecule has 0 amide bonds. The van der Waals surface area contributed by atoms with Gasteiger partial charge in [-0.05, 0) is 55.0 Å². The molecular formula is C26H24Cl2N2NaO3S+. The number of carbonyl (C=O) groups is 1. The van der Waals surface area contributed by atoms with Crippen molar-refractivity contribution >= 4 is 42.7 Å². The van der Waals surface area contributed by atoms with Crippen LogP contribution in [0.3, 0.4) is 0 Å². The number of hydrogen-bond donors (Lipinski definition) is 1. The third-order valence-corrected chi connectivity index (χ3v) is 6.19. The second-order valence-electron chi connectivity index (χ2n) is 7.77. The number of carboxylic acids is 1. The van der Waals surface area contributed by atoms with Gasteiger partial charge in [-0.25, -0.2) is 4.68 Å². The minimum atomic E-state index is -0.893. The van der Waals surface area contributed by atoms with Crippen LogP contribution in [0.4, 0.5) is 0 Å². The van der Waals surface area contributed by atoms with Crippen LogP contribution in [0.15, 0.2) is 72.8 Å². The van der Waals surface area contributed by atoms with Crippen molar-refractivity contribution in [3.63, 3.8) is 0 Å². The first-order valence-corrected chi connectivity index (χ1v) is 11.1. The summed E-state index contributed by atoms with van der Waals surface area (Å²) in [5.74, 6) is -0.880. The van der Waals surface area contributed by atoms with E-state index < -0.39 is 11.9 Å². The molecule has 4 rings (SSSR count). The molecular weight excluding hydrogens is 514 g/mol. The van der Waals surface area contributed by atoms with Crippen LogP contribution in [0.2, 0.25) is 10.0 Å². The molecule has 0 spiro atoms. The molecule has 176 valence electrons. The van der Waals surface area contributed by atoms with Gasteiger partial charge < -0.3 is 9.84 Å². The van der Waals surface area contributed by atoms with Crippen molar-refractivity contribution in [2.24, 2.45) is 0 Å². The van der Waals surface area contributed by atoms with Crippen LogP contribution in [0.1, 0.15) is 22.7 Å². The van der Waals surface area contributed by atoms with Gasteiger partial charge in [0.2, 0.25) is 0 Å². The maximum absolute atomic E-state index is 12.1. The molecule has 0 unspecified atom stereocenters. The molecule has 0 saturated carbocycles. The van der Waals surface area contributed by atoms with Crippen molar-refractivity contribution in [1.82, 2.24) is 9.78 Å². The zero-order chi connectivity index (χ0) is 23.5. The van der Waals surface area contributed by atoms with Gasteiger partial charge in [0.05, 0.1) is 40.1 Å². The van der Waals surface area contributed by atoms with Gasteiger partial charge in [-0.2, -0.15) is 18.6 Å². The second kappa shape index (κ2) is 12.9. The first-order chi connectivity index (χ1) is 15.9. The van der Waals surface area contributed by atoms with Crippen LogP contribution >= 0.6 is 36.7 Å². The SMILES string of the molecule is COc1ccc(-n2nc(C[C@H](C(=O)O)c3cccc(C)c3)cc2-c2ccc(Cl)c(Cl)c2)cc1.S.[Na+]. The Labute approximate surface area is 243 Å². The van der Waals surface area contributed by atoms with Crippen molar-refractivity contribution in [3.8, 4) is 22.7 Å². The van der Waals surface area contributed by atoms with E-state index in [2.05, 4.69) is 0 Å². The van der Waals surface area contributed by atoms with E-state index >= 15 is 0 Å². The summed E-state index contributed by atoms with van der Waals surface area (Å²) < 4.78 is 7.05.